The molecule has 5 nitrogen and oxygen atoms in total. The number of aromatic carboxylic acids is 1. The summed E-state index contributed by atoms with van der Waals surface area (Å²) in [5.74, 6) is 0.544. The molecule has 3 rings (SSSR count). The van der Waals surface area contributed by atoms with E-state index in [2.05, 4.69) is 10.3 Å². The Morgan fingerprint density at radius 2 is 2.00 bits per heavy atom. The zero-order valence-corrected chi connectivity index (χ0v) is 12.2. The van der Waals surface area contributed by atoms with Gasteiger partial charge in [-0.3, -0.25) is 4.79 Å². The van der Waals surface area contributed by atoms with Crippen molar-refractivity contribution in [3.05, 3.63) is 15.6 Å². The van der Waals surface area contributed by atoms with Crippen LogP contribution in [0.2, 0.25) is 0 Å². The van der Waals surface area contributed by atoms with E-state index in [0.29, 0.717) is 29.1 Å². The Morgan fingerprint density at radius 1 is 1.35 bits per heavy atom. The molecular formula is C14H18N2O3S. The number of fused-ring (bicyclic) bond motifs is 1. The van der Waals surface area contributed by atoms with Gasteiger partial charge < -0.3 is 10.4 Å². The number of hydrogen-bond donors (Lipinski definition) is 2. The Labute approximate surface area is 121 Å². The van der Waals surface area contributed by atoms with Gasteiger partial charge in [0.15, 0.2) is 0 Å². The first-order valence-electron chi connectivity index (χ1n) is 7.05. The molecule has 2 N–H and O–H groups in total. The highest BCUT2D eigenvalue weighted by molar-refractivity contribution is 7.13. The van der Waals surface area contributed by atoms with E-state index in [0.717, 1.165) is 11.3 Å². The highest BCUT2D eigenvalue weighted by atomic mass is 32.1. The summed E-state index contributed by atoms with van der Waals surface area (Å²) < 4.78 is 0. The fourth-order valence-electron chi connectivity index (χ4n) is 3.39. The third-order valence-corrected chi connectivity index (χ3v) is 5.55. The van der Waals surface area contributed by atoms with E-state index in [1.54, 1.807) is 6.92 Å². The fourth-order valence-corrected chi connectivity index (χ4v) is 4.23. The topological polar surface area (TPSA) is 79.3 Å². The molecule has 2 atom stereocenters. The lowest BCUT2D eigenvalue weighted by atomic mass is 10.0. The Hall–Kier alpha value is -1.43. The normalized spacial score (nSPS) is 27.8. The van der Waals surface area contributed by atoms with Gasteiger partial charge in [-0.2, -0.15) is 0 Å². The molecule has 0 radical (unpaired) electrons. The number of thiazole rings is 1. The lowest BCUT2D eigenvalue weighted by Crippen LogP contribution is -2.25. The number of aryl methyl sites for hydroxylation is 1. The number of rotatable bonds is 4. The van der Waals surface area contributed by atoms with Crippen molar-refractivity contribution in [3.63, 3.8) is 0 Å². The van der Waals surface area contributed by atoms with E-state index in [1.165, 1.54) is 25.7 Å². The summed E-state index contributed by atoms with van der Waals surface area (Å²) in [7, 11) is 0. The molecule has 2 aliphatic carbocycles. The van der Waals surface area contributed by atoms with Gasteiger partial charge in [-0.05, 0) is 31.6 Å². The molecule has 2 fully saturated rings. The number of amides is 1. The summed E-state index contributed by atoms with van der Waals surface area (Å²) in [4.78, 5) is 27.5. The quantitative estimate of drug-likeness (QED) is 0.892. The first-order chi connectivity index (χ1) is 9.58. The zero-order valence-electron chi connectivity index (χ0n) is 11.4. The van der Waals surface area contributed by atoms with Crippen molar-refractivity contribution in [2.75, 3.05) is 0 Å². The summed E-state index contributed by atoms with van der Waals surface area (Å²) in [5, 5.41) is 12.6. The zero-order chi connectivity index (χ0) is 14.3. The maximum Gasteiger partial charge on any atom is 0.347 e. The lowest BCUT2D eigenvalue weighted by molar-refractivity contribution is -0.123. The van der Waals surface area contributed by atoms with Crippen molar-refractivity contribution in [2.24, 2.45) is 17.8 Å². The number of carboxylic acids is 1. The molecule has 1 aromatic rings. The highest BCUT2D eigenvalue weighted by Gasteiger charge is 2.54. The second kappa shape index (κ2) is 5.16. The number of nitrogens with zero attached hydrogens (tertiary/aromatic N) is 1. The molecule has 6 heteroatoms. The van der Waals surface area contributed by atoms with E-state index in [1.807, 2.05) is 0 Å². The van der Waals surface area contributed by atoms with E-state index >= 15 is 0 Å². The molecule has 0 spiro atoms. The van der Waals surface area contributed by atoms with Gasteiger partial charge in [0.05, 0.1) is 12.2 Å². The summed E-state index contributed by atoms with van der Waals surface area (Å²) in [6.07, 6.45) is 4.86. The Kier molecular flexibility index (Phi) is 3.50. The maximum atomic E-state index is 12.1. The average Bonchev–Trinajstić information content (AvgIpc) is 3.03. The molecule has 0 aromatic carbocycles. The third kappa shape index (κ3) is 2.44. The van der Waals surface area contributed by atoms with Crippen LogP contribution in [0.4, 0.5) is 0 Å². The van der Waals surface area contributed by atoms with E-state index < -0.39 is 5.97 Å². The SMILES string of the molecule is Cc1nc(CNC(=O)C2C3CCCCC32)sc1C(=O)O. The average molecular weight is 294 g/mol. The smallest absolute Gasteiger partial charge is 0.347 e. The monoisotopic (exact) mass is 294 g/mol. The number of aromatic nitrogens is 1. The van der Waals surface area contributed by atoms with Crippen LogP contribution >= 0.6 is 11.3 Å². The molecule has 0 bridgehead atoms. The van der Waals surface area contributed by atoms with E-state index in [4.69, 9.17) is 5.11 Å². The van der Waals surface area contributed by atoms with Crippen LogP contribution in [0.25, 0.3) is 0 Å². The molecule has 1 aromatic heterocycles. The van der Waals surface area contributed by atoms with Gasteiger partial charge >= 0.3 is 5.97 Å². The molecule has 2 aliphatic rings. The van der Waals surface area contributed by atoms with E-state index in [-0.39, 0.29) is 16.7 Å². The van der Waals surface area contributed by atoms with Crippen LogP contribution in [0.1, 0.15) is 46.1 Å². The van der Waals surface area contributed by atoms with Gasteiger partial charge in [-0.1, -0.05) is 12.8 Å². The molecule has 108 valence electrons. The van der Waals surface area contributed by atoms with Crippen molar-refractivity contribution in [1.82, 2.24) is 10.3 Å². The van der Waals surface area contributed by atoms with Gasteiger partial charge in [-0.15, -0.1) is 11.3 Å². The summed E-state index contributed by atoms with van der Waals surface area (Å²) in [6.45, 7) is 2.02. The summed E-state index contributed by atoms with van der Waals surface area (Å²) in [6, 6.07) is 0. The Bertz CT molecular complexity index is 543. The lowest BCUT2D eigenvalue weighted by Gasteiger charge is -2.04. The number of carbonyl (C=O) groups excluding carboxylic acids is 1. The van der Waals surface area contributed by atoms with Gasteiger partial charge in [0, 0.05) is 5.92 Å². The number of carbonyl (C=O) groups is 2. The molecule has 0 aliphatic heterocycles. The minimum absolute atomic E-state index is 0.117. The second-order valence-corrected chi connectivity index (χ2v) is 6.77. The highest BCUT2D eigenvalue weighted by Crippen LogP contribution is 2.55. The minimum atomic E-state index is -0.953. The summed E-state index contributed by atoms with van der Waals surface area (Å²) in [5.41, 5.74) is 0.520. The van der Waals surface area contributed by atoms with Crippen molar-refractivity contribution >= 4 is 23.2 Å². The molecule has 2 unspecified atom stereocenters. The fraction of sp³-hybridized carbons (Fsp3) is 0.643. The van der Waals surface area contributed by atoms with Crippen LogP contribution in [0.5, 0.6) is 0 Å². The molecule has 20 heavy (non-hydrogen) atoms. The van der Waals surface area contributed by atoms with Crippen molar-refractivity contribution in [1.29, 1.82) is 0 Å². The van der Waals surface area contributed by atoms with Crippen LogP contribution in [0.3, 0.4) is 0 Å². The van der Waals surface area contributed by atoms with Crippen LogP contribution in [0.15, 0.2) is 0 Å². The third-order valence-electron chi connectivity index (χ3n) is 4.41. The van der Waals surface area contributed by atoms with Crippen LogP contribution in [-0.4, -0.2) is 22.0 Å². The molecule has 1 heterocycles. The maximum absolute atomic E-state index is 12.1. The minimum Gasteiger partial charge on any atom is -0.477 e. The molecule has 0 saturated heterocycles. The van der Waals surface area contributed by atoms with Gasteiger partial charge in [-0.25, -0.2) is 9.78 Å². The number of hydrogen-bond acceptors (Lipinski definition) is 4. The number of nitrogens with one attached hydrogen (secondary N) is 1. The molecule has 2 saturated carbocycles. The first-order valence-corrected chi connectivity index (χ1v) is 7.87. The van der Waals surface area contributed by atoms with Crippen molar-refractivity contribution in [2.45, 2.75) is 39.2 Å². The van der Waals surface area contributed by atoms with Crippen LogP contribution in [0, 0.1) is 24.7 Å². The predicted molar refractivity (Wildman–Crippen MR) is 74.6 cm³/mol. The second-order valence-electron chi connectivity index (χ2n) is 5.68. The standard InChI is InChI=1S/C14H18N2O3S/c1-7-12(14(18)19)20-10(16-7)6-15-13(17)11-8-4-2-3-5-9(8)11/h8-9,11H,2-6H2,1H3,(H,15,17)(H,18,19). The largest absolute Gasteiger partial charge is 0.477 e. The molecular weight excluding hydrogens is 276 g/mol. The summed E-state index contributed by atoms with van der Waals surface area (Å²) >= 11 is 1.14. The van der Waals surface area contributed by atoms with Crippen molar-refractivity contribution in [3.8, 4) is 0 Å². The van der Waals surface area contributed by atoms with E-state index in [9.17, 15) is 9.59 Å². The van der Waals surface area contributed by atoms with Crippen LogP contribution < -0.4 is 5.32 Å². The van der Waals surface area contributed by atoms with Crippen molar-refractivity contribution < 1.29 is 14.7 Å². The van der Waals surface area contributed by atoms with Gasteiger partial charge in [0.1, 0.15) is 9.88 Å². The van der Waals surface area contributed by atoms with Gasteiger partial charge in [0.2, 0.25) is 5.91 Å². The Balaban J connectivity index is 1.56. The Morgan fingerprint density at radius 3 is 2.55 bits per heavy atom. The molecule has 1 amide bonds. The van der Waals surface area contributed by atoms with Gasteiger partial charge in [0.25, 0.3) is 0 Å². The predicted octanol–water partition coefficient (Wildman–Crippen LogP) is 2.20. The first kappa shape index (κ1) is 13.5. The van der Waals surface area contributed by atoms with Crippen LogP contribution in [-0.2, 0) is 11.3 Å². The number of carboxylic acid groups (broad SMARTS) is 1.